The Morgan fingerprint density at radius 1 is 0.783 bits per heavy atom. The van der Waals surface area contributed by atoms with E-state index in [1.165, 1.54) is 22.4 Å². The van der Waals surface area contributed by atoms with Crippen molar-refractivity contribution in [3.05, 3.63) is 95.8 Å². The molecule has 2 nitrogen and oxygen atoms in total. The van der Waals surface area contributed by atoms with E-state index >= 15 is 0 Å². The molecule has 1 aliphatic heterocycles. The quantitative estimate of drug-likeness (QED) is 0.734. The Balaban J connectivity index is 1.88. The maximum atomic E-state index is 4.20. The van der Waals surface area contributed by atoms with Gasteiger partial charge in [0.15, 0.2) is 0 Å². The molecule has 0 saturated heterocycles. The van der Waals surface area contributed by atoms with E-state index in [1.807, 2.05) is 12.4 Å². The Kier molecular flexibility index (Phi) is 3.81. The van der Waals surface area contributed by atoms with Crippen molar-refractivity contribution in [1.82, 2.24) is 4.98 Å². The second-order valence-corrected chi connectivity index (χ2v) is 6.08. The fourth-order valence-corrected chi connectivity index (χ4v) is 3.72. The highest BCUT2D eigenvalue weighted by molar-refractivity contribution is 5.57. The number of nitrogens with one attached hydrogen (secondary N) is 1. The van der Waals surface area contributed by atoms with Gasteiger partial charge in [-0.2, -0.15) is 0 Å². The Morgan fingerprint density at radius 2 is 1.52 bits per heavy atom. The van der Waals surface area contributed by atoms with Gasteiger partial charge in [-0.25, -0.2) is 0 Å². The van der Waals surface area contributed by atoms with Gasteiger partial charge in [0.25, 0.3) is 0 Å². The molecule has 0 fully saturated rings. The van der Waals surface area contributed by atoms with Crippen molar-refractivity contribution < 1.29 is 0 Å². The highest BCUT2D eigenvalue weighted by Crippen LogP contribution is 2.44. The minimum absolute atomic E-state index is 0.353. The molecular weight excluding hydrogens is 280 g/mol. The average Bonchev–Trinajstić information content (AvgIpc) is 2.83. The number of hydrogen-bond acceptors (Lipinski definition) is 2. The van der Waals surface area contributed by atoms with Gasteiger partial charge in [0.05, 0.1) is 0 Å². The highest BCUT2D eigenvalue weighted by atomic mass is 14.9. The van der Waals surface area contributed by atoms with Crippen molar-refractivity contribution in [3.8, 4) is 0 Å². The first kappa shape index (κ1) is 14.0. The van der Waals surface area contributed by atoms with E-state index in [0.29, 0.717) is 11.8 Å². The molecule has 2 heterocycles. The zero-order valence-corrected chi connectivity index (χ0v) is 13.0. The monoisotopic (exact) mass is 300 g/mol. The van der Waals surface area contributed by atoms with Gasteiger partial charge in [-0.3, -0.25) is 4.98 Å². The van der Waals surface area contributed by atoms with Crippen LogP contribution >= 0.6 is 0 Å². The second-order valence-electron chi connectivity index (χ2n) is 6.08. The summed E-state index contributed by atoms with van der Waals surface area (Å²) in [6, 6.07) is 23.9. The van der Waals surface area contributed by atoms with Gasteiger partial charge in [-0.05, 0) is 47.2 Å². The normalized spacial score (nSPS) is 20.2. The zero-order valence-electron chi connectivity index (χ0n) is 13.0. The molecule has 0 amide bonds. The minimum atomic E-state index is 0.353. The van der Waals surface area contributed by atoms with Crippen molar-refractivity contribution in [2.75, 3.05) is 11.9 Å². The van der Waals surface area contributed by atoms with Crippen LogP contribution in [0.25, 0.3) is 0 Å². The number of hydrogen-bond donors (Lipinski definition) is 1. The third-order valence-corrected chi connectivity index (χ3v) is 4.76. The molecule has 0 bridgehead atoms. The van der Waals surface area contributed by atoms with Crippen LogP contribution in [0.5, 0.6) is 0 Å². The van der Waals surface area contributed by atoms with E-state index in [1.54, 1.807) is 0 Å². The van der Waals surface area contributed by atoms with E-state index in [-0.39, 0.29) is 0 Å². The first-order valence-corrected chi connectivity index (χ1v) is 8.21. The number of para-hydroxylation sites is 1. The lowest BCUT2D eigenvalue weighted by Gasteiger charge is -2.27. The second kappa shape index (κ2) is 6.25. The SMILES string of the molecule is c1ccc([C@@H]2CCNc3ccccc3[C@@H]2c2ccncc2)cc1. The summed E-state index contributed by atoms with van der Waals surface area (Å²) in [5.41, 5.74) is 5.38. The molecular formula is C21H20N2. The zero-order chi connectivity index (χ0) is 15.5. The third kappa shape index (κ3) is 2.72. The van der Waals surface area contributed by atoms with Crippen molar-refractivity contribution in [2.24, 2.45) is 0 Å². The molecule has 0 radical (unpaired) electrons. The van der Waals surface area contributed by atoms with Crippen molar-refractivity contribution in [2.45, 2.75) is 18.3 Å². The van der Waals surface area contributed by atoms with E-state index < -0.39 is 0 Å². The minimum Gasteiger partial charge on any atom is -0.385 e. The summed E-state index contributed by atoms with van der Waals surface area (Å²) in [5.74, 6) is 0.821. The molecule has 114 valence electrons. The van der Waals surface area contributed by atoms with Crippen LogP contribution in [0.1, 0.15) is 34.9 Å². The van der Waals surface area contributed by atoms with E-state index in [2.05, 4.69) is 77.0 Å². The average molecular weight is 300 g/mol. The fourth-order valence-electron chi connectivity index (χ4n) is 3.72. The summed E-state index contributed by atoms with van der Waals surface area (Å²) < 4.78 is 0. The molecule has 2 heteroatoms. The van der Waals surface area contributed by atoms with Gasteiger partial charge in [-0.1, -0.05) is 48.5 Å². The van der Waals surface area contributed by atoms with Crippen LogP contribution in [-0.2, 0) is 0 Å². The van der Waals surface area contributed by atoms with Gasteiger partial charge < -0.3 is 5.32 Å². The molecule has 1 aliphatic rings. The summed E-state index contributed by atoms with van der Waals surface area (Å²) in [4.78, 5) is 4.20. The smallest absolute Gasteiger partial charge is 0.0379 e. The van der Waals surface area contributed by atoms with E-state index in [0.717, 1.165) is 13.0 Å². The van der Waals surface area contributed by atoms with Gasteiger partial charge in [-0.15, -0.1) is 0 Å². The summed E-state index contributed by atoms with van der Waals surface area (Å²) in [6.45, 7) is 0.998. The fraction of sp³-hybridized carbons (Fsp3) is 0.190. The largest absolute Gasteiger partial charge is 0.385 e. The molecule has 0 saturated carbocycles. The predicted molar refractivity (Wildman–Crippen MR) is 94.8 cm³/mol. The third-order valence-electron chi connectivity index (χ3n) is 4.76. The first-order chi connectivity index (χ1) is 11.4. The van der Waals surface area contributed by atoms with Gasteiger partial charge >= 0.3 is 0 Å². The first-order valence-electron chi connectivity index (χ1n) is 8.21. The number of fused-ring (bicyclic) bond motifs is 1. The number of aromatic nitrogens is 1. The maximum absolute atomic E-state index is 4.20. The Hall–Kier alpha value is -2.61. The molecule has 2 aromatic carbocycles. The molecule has 0 spiro atoms. The van der Waals surface area contributed by atoms with E-state index in [4.69, 9.17) is 0 Å². The molecule has 2 atom stereocenters. The lowest BCUT2D eigenvalue weighted by molar-refractivity contribution is 0.586. The van der Waals surface area contributed by atoms with Crippen molar-refractivity contribution in [3.63, 3.8) is 0 Å². The van der Waals surface area contributed by atoms with Crippen molar-refractivity contribution in [1.29, 1.82) is 0 Å². The van der Waals surface area contributed by atoms with Gasteiger partial charge in [0.2, 0.25) is 0 Å². The lowest BCUT2D eigenvalue weighted by Crippen LogP contribution is -2.13. The van der Waals surface area contributed by atoms with Crippen LogP contribution in [0.3, 0.4) is 0 Å². The van der Waals surface area contributed by atoms with E-state index in [9.17, 15) is 0 Å². The van der Waals surface area contributed by atoms with Gasteiger partial charge in [0.1, 0.15) is 0 Å². The molecule has 4 rings (SSSR count). The van der Waals surface area contributed by atoms with Crippen LogP contribution in [0.2, 0.25) is 0 Å². The maximum Gasteiger partial charge on any atom is 0.0379 e. The van der Waals surface area contributed by atoms with Crippen LogP contribution < -0.4 is 5.32 Å². The molecule has 0 unspecified atom stereocenters. The predicted octanol–water partition coefficient (Wildman–Crippen LogP) is 4.81. The van der Waals surface area contributed by atoms with Crippen LogP contribution in [0.15, 0.2) is 79.1 Å². The topological polar surface area (TPSA) is 24.9 Å². The number of nitrogens with zero attached hydrogens (tertiary/aromatic N) is 1. The van der Waals surface area contributed by atoms with Crippen LogP contribution in [0.4, 0.5) is 5.69 Å². The summed E-state index contributed by atoms with van der Waals surface area (Å²) in [7, 11) is 0. The molecule has 23 heavy (non-hydrogen) atoms. The Morgan fingerprint density at radius 3 is 2.35 bits per heavy atom. The van der Waals surface area contributed by atoms with Crippen molar-refractivity contribution >= 4 is 5.69 Å². The summed E-state index contributed by atoms with van der Waals surface area (Å²) >= 11 is 0. The number of pyridine rings is 1. The molecule has 1 aromatic heterocycles. The lowest BCUT2D eigenvalue weighted by atomic mass is 9.76. The van der Waals surface area contributed by atoms with Crippen LogP contribution in [0, 0.1) is 0 Å². The summed E-state index contributed by atoms with van der Waals surface area (Å²) in [5, 5.41) is 3.61. The van der Waals surface area contributed by atoms with Gasteiger partial charge in [0, 0.05) is 30.5 Å². The molecule has 1 N–H and O–H groups in total. The Bertz CT molecular complexity index is 768. The summed E-state index contributed by atoms with van der Waals surface area (Å²) in [6.07, 6.45) is 4.92. The van der Waals surface area contributed by atoms with Crippen LogP contribution in [-0.4, -0.2) is 11.5 Å². The molecule has 3 aromatic rings. The Labute approximate surface area is 137 Å². The number of rotatable bonds is 2. The molecule has 0 aliphatic carbocycles. The highest BCUT2D eigenvalue weighted by Gasteiger charge is 2.30. The number of anilines is 1. The standard InChI is InChI=1S/C21H20N2/c1-2-6-16(7-3-1)18-12-15-23-20-9-5-4-8-19(20)21(18)17-10-13-22-14-11-17/h1-11,13-14,18,21,23H,12,15H2/t18-,21+/m0/s1. The number of benzene rings is 2.